The van der Waals surface area contributed by atoms with E-state index in [-0.39, 0.29) is 52.4 Å². The summed E-state index contributed by atoms with van der Waals surface area (Å²) >= 11 is 5.77. The van der Waals surface area contributed by atoms with Gasteiger partial charge in [0.25, 0.3) is 0 Å². The normalized spacial score (nSPS) is 10.1. The predicted molar refractivity (Wildman–Crippen MR) is 119 cm³/mol. The molecule has 1 aromatic heterocycles. The maximum absolute atomic E-state index is 12.1. The molecule has 0 aliphatic carbocycles. The molecule has 0 aliphatic heterocycles. The van der Waals surface area contributed by atoms with Crippen LogP contribution in [0.5, 0.6) is 0 Å². The van der Waals surface area contributed by atoms with Crippen molar-refractivity contribution in [2.45, 2.75) is 0 Å². The number of carboxylic acid groups (broad SMARTS) is 1. The Balaban J connectivity index is 0.00000341. The molecule has 156 valence electrons. The van der Waals surface area contributed by atoms with Crippen molar-refractivity contribution in [3.63, 3.8) is 0 Å². The molecule has 8 nitrogen and oxygen atoms in total. The molecule has 3 N–H and O–H groups in total. The maximum atomic E-state index is 12.1. The number of rotatable bonds is 8. The zero-order valence-corrected chi connectivity index (χ0v) is 16.4. The third kappa shape index (κ3) is 7.23. The fourth-order valence-corrected chi connectivity index (χ4v) is 2.85. The molecule has 0 saturated carbocycles. The van der Waals surface area contributed by atoms with E-state index in [1.165, 1.54) is 18.2 Å². The van der Waals surface area contributed by atoms with Gasteiger partial charge in [-0.25, -0.2) is 4.79 Å². The minimum atomic E-state index is -1.23. The summed E-state index contributed by atoms with van der Waals surface area (Å²) in [6.07, 6.45) is 3.78. The molecule has 31 heavy (non-hydrogen) atoms. The quantitative estimate of drug-likeness (QED) is 0.456. The van der Waals surface area contributed by atoms with Crippen molar-refractivity contribution < 1.29 is 24.2 Å². The third-order valence-electron chi connectivity index (χ3n) is 3.98. The number of nitrogens with zero attached hydrogens (tertiary/aromatic N) is 1. The number of amides is 2. The van der Waals surface area contributed by atoms with Crippen LogP contribution in [0.1, 0.15) is 10.4 Å². The number of carboxylic acids is 1. The second-order valence-corrected chi connectivity index (χ2v) is 6.66. The van der Waals surface area contributed by atoms with Crippen LogP contribution in [-0.4, -0.2) is 70.2 Å². The van der Waals surface area contributed by atoms with E-state index in [1.807, 2.05) is 41.2 Å². The summed E-state index contributed by atoms with van der Waals surface area (Å²) in [6.45, 7) is -0.758. The summed E-state index contributed by atoms with van der Waals surface area (Å²) in [7, 11) is 0. The zero-order valence-electron chi connectivity index (χ0n) is 15.7. The van der Waals surface area contributed by atoms with Gasteiger partial charge in [0.05, 0.1) is 11.3 Å². The van der Waals surface area contributed by atoms with Crippen LogP contribution < -0.4 is 10.6 Å². The molecular weight excluding hydrogens is 433 g/mol. The number of halogens is 1. The van der Waals surface area contributed by atoms with Gasteiger partial charge in [-0.2, -0.15) is 0 Å². The Morgan fingerprint density at radius 2 is 1.61 bits per heavy atom. The Labute approximate surface area is 205 Å². The number of hydrogen-bond donors (Lipinski definition) is 3. The monoisotopic (exact) mass is 451 g/mol. The Morgan fingerprint density at radius 1 is 0.935 bits per heavy atom. The summed E-state index contributed by atoms with van der Waals surface area (Å²) in [4.78, 5) is 35.3. The second-order valence-electron chi connectivity index (χ2n) is 6.22. The van der Waals surface area contributed by atoms with Crippen molar-refractivity contribution in [3.05, 3.63) is 77.6 Å². The van der Waals surface area contributed by atoms with Gasteiger partial charge in [0.1, 0.15) is 13.2 Å². The molecule has 3 rings (SSSR count). The van der Waals surface area contributed by atoms with E-state index < -0.39 is 24.4 Å². The van der Waals surface area contributed by atoms with Crippen molar-refractivity contribution in [2.75, 3.05) is 23.8 Å². The van der Waals surface area contributed by atoms with Crippen LogP contribution in [0, 0.1) is 0 Å². The number of anilines is 2. The zero-order chi connectivity index (χ0) is 21.5. The number of ether oxygens (including phenoxy) is 1. The van der Waals surface area contributed by atoms with Crippen LogP contribution in [0.25, 0.3) is 5.69 Å². The van der Waals surface area contributed by atoms with E-state index in [9.17, 15) is 19.5 Å². The summed E-state index contributed by atoms with van der Waals surface area (Å²) in [5.74, 6) is -2.25. The molecular formula is C21H19ClN3NaO5. The summed E-state index contributed by atoms with van der Waals surface area (Å²) in [5.41, 5.74) is 1.42. The second kappa shape index (κ2) is 11.7. The van der Waals surface area contributed by atoms with E-state index >= 15 is 0 Å². The van der Waals surface area contributed by atoms with Crippen LogP contribution in [0.15, 0.2) is 67.0 Å². The SMILES string of the molecule is O=C(COCC(=O)Nc1ccc(Cl)cc1C(=O)O)Nc1cccc(-n2cccc2)c1.[NaH]. The number of hydrogen-bond acceptors (Lipinski definition) is 4. The van der Waals surface area contributed by atoms with Crippen molar-refractivity contribution in [1.82, 2.24) is 4.57 Å². The van der Waals surface area contributed by atoms with Crippen molar-refractivity contribution in [2.24, 2.45) is 0 Å². The van der Waals surface area contributed by atoms with E-state index in [0.29, 0.717) is 5.69 Å². The van der Waals surface area contributed by atoms with Gasteiger partial charge in [0.15, 0.2) is 0 Å². The topological polar surface area (TPSA) is 110 Å². The van der Waals surface area contributed by atoms with Gasteiger partial charge in [-0.05, 0) is 48.5 Å². The molecule has 1 heterocycles. The van der Waals surface area contributed by atoms with E-state index in [1.54, 1.807) is 12.1 Å². The minimum absolute atomic E-state index is 0. The van der Waals surface area contributed by atoms with Crippen LogP contribution in [0.3, 0.4) is 0 Å². The molecule has 0 spiro atoms. The third-order valence-corrected chi connectivity index (χ3v) is 4.22. The first-order valence-corrected chi connectivity index (χ1v) is 9.24. The standard InChI is InChI=1S/C21H18ClN3O5.Na.H/c22-14-6-7-18(17(10-14)21(28)29)24-20(27)13-30-12-19(26)23-15-4-3-5-16(11-15)25-8-1-2-9-25;;/h1-11H,12-13H2,(H,23,26)(H,24,27)(H,28,29);;. The molecule has 10 heteroatoms. The van der Waals surface area contributed by atoms with Gasteiger partial charge in [0.2, 0.25) is 11.8 Å². The Bertz CT molecular complexity index is 1070. The van der Waals surface area contributed by atoms with Crippen molar-refractivity contribution in [1.29, 1.82) is 0 Å². The van der Waals surface area contributed by atoms with Gasteiger partial charge in [-0.3, -0.25) is 9.59 Å². The average Bonchev–Trinajstić information content (AvgIpc) is 3.24. The number of aromatic nitrogens is 1. The van der Waals surface area contributed by atoms with Crippen LogP contribution in [-0.2, 0) is 14.3 Å². The molecule has 0 unspecified atom stereocenters. The molecule has 0 atom stereocenters. The van der Waals surface area contributed by atoms with Crippen LogP contribution in [0.2, 0.25) is 5.02 Å². The molecule has 3 aromatic rings. The molecule has 2 aromatic carbocycles. The first kappa shape index (κ1) is 24.6. The van der Waals surface area contributed by atoms with Gasteiger partial charge < -0.3 is 25.0 Å². The summed E-state index contributed by atoms with van der Waals surface area (Å²) in [6, 6.07) is 15.1. The number of benzene rings is 2. The summed E-state index contributed by atoms with van der Waals surface area (Å²) in [5, 5.41) is 14.5. The van der Waals surface area contributed by atoms with Gasteiger partial charge in [-0.1, -0.05) is 17.7 Å². The van der Waals surface area contributed by atoms with Crippen molar-refractivity contribution in [3.8, 4) is 5.69 Å². The van der Waals surface area contributed by atoms with Crippen LogP contribution >= 0.6 is 11.6 Å². The fourth-order valence-electron chi connectivity index (χ4n) is 2.67. The van der Waals surface area contributed by atoms with Gasteiger partial charge in [0, 0.05) is 28.8 Å². The average molecular weight is 452 g/mol. The van der Waals surface area contributed by atoms with Gasteiger partial charge >= 0.3 is 35.5 Å². The molecule has 0 bridgehead atoms. The fraction of sp³-hybridized carbons (Fsp3) is 0.0952. The van der Waals surface area contributed by atoms with Gasteiger partial charge in [-0.15, -0.1) is 0 Å². The van der Waals surface area contributed by atoms with E-state index in [4.69, 9.17) is 16.3 Å². The van der Waals surface area contributed by atoms with Crippen LogP contribution in [0.4, 0.5) is 11.4 Å². The Morgan fingerprint density at radius 3 is 2.29 bits per heavy atom. The number of aromatic carboxylic acids is 1. The summed E-state index contributed by atoms with van der Waals surface area (Å²) < 4.78 is 7.03. The molecule has 0 saturated heterocycles. The molecule has 0 radical (unpaired) electrons. The van der Waals surface area contributed by atoms with E-state index in [0.717, 1.165) is 5.69 Å². The predicted octanol–water partition coefficient (Wildman–Crippen LogP) is 2.77. The van der Waals surface area contributed by atoms with Crippen molar-refractivity contribution >= 4 is 70.3 Å². The first-order chi connectivity index (χ1) is 14.4. The Kier molecular flexibility index (Phi) is 9.29. The number of carbonyl (C=O) groups excluding carboxylic acids is 2. The molecule has 0 aliphatic rings. The molecule has 0 fully saturated rings. The number of nitrogens with one attached hydrogen (secondary N) is 2. The Hall–Kier alpha value is -2.62. The number of carbonyl (C=O) groups is 3. The molecule has 2 amide bonds. The van der Waals surface area contributed by atoms with E-state index in [2.05, 4.69) is 10.6 Å². The first-order valence-electron chi connectivity index (χ1n) is 8.86.